The fraction of sp³-hybridized carbons (Fsp3) is 0.500. The summed E-state index contributed by atoms with van der Waals surface area (Å²) in [5.41, 5.74) is 3.12. The molecule has 94 valence electrons. The molecule has 0 saturated carbocycles. The number of halogens is 1. The van der Waals surface area contributed by atoms with Crippen LogP contribution in [0.3, 0.4) is 0 Å². The molecule has 1 nitrogen and oxygen atoms in total. The first-order valence-corrected chi connectivity index (χ1v) is 10.1. The molecule has 0 radical (unpaired) electrons. The Morgan fingerprint density at radius 3 is 2.41 bits per heavy atom. The van der Waals surface area contributed by atoms with Crippen LogP contribution in [0.1, 0.15) is 34.3 Å². The largest absolute Gasteiger partial charge is 0.276 e. The van der Waals surface area contributed by atoms with Gasteiger partial charge in [0.25, 0.3) is 5.24 Å². The van der Waals surface area contributed by atoms with Gasteiger partial charge in [0, 0.05) is 13.6 Å². The van der Waals surface area contributed by atoms with Gasteiger partial charge in [0.15, 0.2) is 0 Å². The molecule has 1 aromatic rings. The first-order valence-electron chi connectivity index (χ1n) is 6.01. The van der Waals surface area contributed by atoms with Crippen molar-refractivity contribution in [3.63, 3.8) is 0 Å². The average molecular weight is 269 g/mol. The lowest BCUT2D eigenvalue weighted by Gasteiger charge is -2.23. The fourth-order valence-corrected chi connectivity index (χ4v) is 4.50. The second-order valence-electron chi connectivity index (χ2n) is 6.01. The molecule has 0 fully saturated rings. The highest BCUT2D eigenvalue weighted by Crippen LogP contribution is 2.29. The maximum absolute atomic E-state index is 11.2. The topological polar surface area (TPSA) is 17.1 Å². The summed E-state index contributed by atoms with van der Waals surface area (Å²) in [6, 6.07) is 6.98. The Hall–Kier alpha value is -0.603. The first kappa shape index (κ1) is 14.5. The number of hydrogen-bond acceptors (Lipinski definition) is 1. The lowest BCUT2D eigenvalue weighted by Crippen LogP contribution is -2.22. The Balaban J connectivity index is 3.04. The number of carbonyl (C=O) groups is 1. The van der Waals surface area contributed by atoms with Crippen molar-refractivity contribution in [2.24, 2.45) is 0 Å². The van der Waals surface area contributed by atoms with Crippen molar-refractivity contribution >= 4 is 24.9 Å². The van der Waals surface area contributed by atoms with Crippen molar-refractivity contribution in [3.05, 3.63) is 34.9 Å². The van der Waals surface area contributed by atoms with E-state index in [-0.39, 0.29) is 5.24 Å². The van der Waals surface area contributed by atoms with Crippen LogP contribution in [0.15, 0.2) is 18.2 Å². The minimum absolute atomic E-state index is 0.369. The van der Waals surface area contributed by atoms with Gasteiger partial charge in [0.2, 0.25) is 0 Å². The van der Waals surface area contributed by atoms with Crippen LogP contribution in [-0.4, -0.2) is 13.3 Å². The number of benzene rings is 1. The van der Waals surface area contributed by atoms with Crippen molar-refractivity contribution in [3.8, 4) is 0 Å². The zero-order valence-corrected chi connectivity index (χ0v) is 13.1. The van der Waals surface area contributed by atoms with E-state index in [4.69, 9.17) is 11.6 Å². The third-order valence-electron chi connectivity index (χ3n) is 2.96. The van der Waals surface area contributed by atoms with Gasteiger partial charge in [-0.2, -0.15) is 0 Å². The number of hydrogen-bond donors (Lipinski definition) is 0. The zero-order valence-electron chi connectivity index (χ0n) is 11.3. The SMILES string of the molecule is Cc1ccc(C(=O)Cl)cc1C(C)C[Si](C)(C)C. The molecule has 0 N–H and O–H groups in total. The molecule has 0 saturated heterocycles. The fourth-order valence-electron chi connectivity index (χ4n) is 2.32. The highest BCUT2D eigenvalue weighted by Gasteiger charge is 2.20. The summed E-state index contributed by atoms with van der Waals surface area (Å²) in [5, 5.41) is -0.369. The smallest absolute Gasteiger partial charge is 0.252 e. The molecule has 0 aliphatic heterocycles. The zero-order chi connectivity index (χ0) is 13.2. The summed E-state index contributed by atoms with van der Waals surface area (Å²) < 4.78 is 0. The lowest BCUT2D eigenvalue weighted by atomic mass is 9.96. The first-order chi connectivity index (χ1) is 7.70. The van der Waals surface area contributed by atoms with Crippen molar-refractivity contribution in [1.82, 2.24) is 0 Å². The predicted molar refractivity (Wildman–Crippen MR) is 77.9 cm³/mol. The second-order valence-corrected chi connectivity index (χ2v) is 11.9. The predicted octanol–water partition coefficient (Wildman–Crippen LogP) is 4.82. The standard InChI is InChI=1S/C14H21ClOSi/c1-10-6-7-12(14(15)16)8-13(10)11(2)9-17(3,4)5/h6-8,11H,9H2,1-5H3. The third-order valence-corrected chi connectivity index (χ3v) is 5.01. The van der Waals surface area contributed by atoms with Gasteiger partial charge in [0.1, 0.15) is 0 Å². The molecule has 1 aromatic carbocycles. The van der Waals surface area contributed by atoms with Crippen molar-refractivity contribution in [1.29, 1.82) is 0 Å². The van der Waals surface area contributed by atoms with Crippen LogP contribution in [0, 0.1) is 6.92 Å². The normalized spacial score (nSPS) is 13.5. The van der Waals surface area contributed by atoms with Crippen molar-refractivity contribution in [2.75, 3.05) is 0 Å². The van der Waals surface area contributed by atoms with Crippen molar-refractivity contribution < 1.29 is 4.79 Å². The van der Waals surface area contributed by atoms with Crippen LogP contribution < -0.4 is 0 Å². The van der Waals surface area contributed by atoms with Crippen LogP contribution in [0.25, 0.3) is 0 Å². The van der Waals surface area contributed by atoms with E-state index in [2.05, 4.69) is 33.5 Å². The molecule has 0 aliphatic carbocycles. The third kappa shape index (κ3) is 4.28. The summed E-state index contributed by atoms with van der Waals surface area (Å²) in [4.78, 5) is 11.2. The Morgan fingerprint density at radius 2 is 1.94 bits per heavy atom. The maximum Gasteiger partial charge on any atom is 0.252 e. The molecule has 0 heterocycles. The van der Waals surface area contributed by atoms with Crippen LogP contribution in [-0.2, 0) is 0 Å². The van der Waals surface area contributed by atoms with Gasteiger partial charge >= 0.3 is 0 Å². The molecule has 1 unspecified atom stereocenters. The van der Waals surface area contributed by atoms with Gasteiger partial charge in [-0.05, 0) is 47.7 Å². The quantitative estimate of drug-likeness (QED) is 0.565. The van der Waals surface area contributed by atoms with Crippen LogP contribution >= 0.6 is 11.6 Å². The average Bonchev–Trinajstić information content (AvgIpc) is 2.14. The molecule has 1 rings (SSSR count). The number of carbonyl (C=O) groups excluding carboxylic acids is 1. The summed E-state index contributed by atoms with van der Waals surface area (Å²) in [7, 11) is -1.09. The minimum atomic E-state index is -1.09. The van der Waals surface area contributed by atoms with E-state index in [1.54, 1.807) is 6.07 Å². The van der Waals surface area contributed by atoms with Gasteiger partial charge < -0.3 is 0 Å². The molecular weight excluding hydrogens is 248 g/mol. The molecule has 1 atom stereocenters. The minimum Gasteiger partial charge on any atom is -0.276 e. The summed E-state index contributed by atoms with van der Waals surface area (Å²) in [6.45, 7) is 11.4. The van der Waals surface area contributed by atoms with Gasteiger partial charge in [-0.3, -0.25) is 4.79 Å². The van der Waals surface area contributed by atoms with E-state index in [0.717, 1.165) is 0 Å². The molecule has 0 aliphatic rings. The van der Waals surface area contributed by atoms with Crippen LogP contribution in [0.4, 0.5) is 0 Å². The summed E-state index contributed by atoms with van der Waals surface area (Å²) in [6.07, 6.45) is 0. The molecule has 0 amide bonds. The monoisotopic (exact) mass is 268 g/mol. The maximum atomic E-state index is 11.2. The highest BCUT2D eigenvalue weighted by molar-refractivity contribution is 6.76. The number of aryl methyl sites for hydroxylation is 1. The summed E-state index contributed by atoms with van der Waals surface area (Å²) >= 11 is 5.54. The Labute approximate surface area is 110 Å². The van der Waals surface area contributed by atoms with Gasteiger partial charge in [-0.25, -0.2) is 0 Å². The van der Waals surface area contributed by atoms with Gasteiger partial charge in [-0.15, -0.1) is 0 Å². The van der Waals surface area contributed by atoms with E-state index >= 15 is 0 Å². The molecular formula is C14H21ClOSi. The van der Waals surface area contributed by atoms with Gasteiger partial charge in [0.05, 0.1) is 0 Å². The number of rotatable bonds is 4. The molecule has 0 spiro atoms. The molecule has 17 heavy (non-hydrogen) atoms. The molecule has 0 bridgehead atoms. The van der Waals surface area contributed by atoms with Crippen molar-refractivity contribution in [2.45, 2.75) is 45.5 Å². The Morgan fingerprint density at radius 1 is 1.35 bits per heavy atom. The van der Waals surface area contributed by atoms with E-state index < -0.39 is 8.07 Å². The van der Waals surface area contributed by atoms with Crippen LogP contribution in [0.5, 0.6) is 0 Å². The van der Waals surface area contributed by atoms with E-state index in [1.807, 2.05) is 12.1 Å². The molecule has 3 heteroatoms. The second kappa shape index (κ2) is 5.36. The van der Waals surface area contributed by atoms with E-state index in [9.17, 15) is 4.79 Å². The Kier molecular flexibility index (Phi) is 4.56. The highest BCUT2D eigenvalue weighted by atomic mass is 35.5. The molecule has 0 aromatic heterocycles. The van der Waals surface area contributed by atoms with Crippen LogP contribution in [0.2, 0.25) is 25.7 Å². The Bertz CT molecular complexity index is 421. The lowest BCUT2D eigenvalue weighted by molar-refractivity contribution is 0.108. The van der Waals surface area contributed by atoms with E-state index in [1.165, 1.54) is 17.2 Å². The summed E-state index contributed by atoms with van der Waals surface area (Å²) in [5.74, 6) is 0.498. The van der Waals surface area contributed by atoms with E-state index in [0.29, 0.717) is 11.5 Å². The van der Waals surface area contributed by atoms with Gasteiger partial charge in [-0.1, -0.05) is 38.7 Å².